The Balaban J connectivity index is 0. The van der Waals surface area contributed by atoms with E-state index in [1.807, 2.05) is 0 Å². The van der Waals surface area contributed by atoms with Crippen LogP contribution in [0.4, 0.5) is 28.2 Å². The van der Waals surface area contributed by atoms with Gasteiger partial charge in [0.15, 0.2) is 0 Å². The standard InChI is InChI=1S/6FH.2K.Zr.2H/h6*1H;;;;;. The Bertz CT molecular complexity index is 11.0. The largest absolute Gasteiger partial charge is 0 e. The first-order chi connectivity index (χ1) is 0. The summed E-state index contributed by atoms with van der Waals surface area (Å²) in [4.78, 5) is 0. The van der Waals surface area contributed by atoms with Gasteiger partial charge in [-0.05, 0) is 0 Å². The summed E-state index contributed by atoms with van der Waals surface area (Å²) in [6.45, 7) is 0. The van der Waals surface area contributed by atoms with Crippen LogP contribution >= 0.6 is 0 Å². The Morgan fingerprint density at radius 1 is 0.333 bits per heavy atom. The van der Waals surface area contributed by atoms with Gasteiger partial charge < -0.3 is 0 Å². The second-order valence-electron chi connectivity index (χ2n) is 0. The number of hydrogen-bond acceptors (Lipinski definition) is 0. The van der Waals surface area contributed by atoms with E-state index in [0.717, 1.165) is 0 Å². The summed E-state index contributed by atoms with van der Waals surface area (Å²) in [6, 6.07) is 0. The molecule has 0 saturated heterocycles. The Hall–Kier alpha value is 3.74. The fourth-order valence-electron chi connectivity index (χ4n) is 0. The molecule has 9 heavy (non-hydrogen) atoms. The molecular formula is H8F6K2Zr. The summed E-state index contributed by atoms with van der Waals surface area (Å²) in [7, 11) is 0. The normalized spacial score (nSPS) is 0. The van der Waals surface area contributed by atoms with Gasteiger partial charge in [0.25, 0.3) is 0 Å². The molecule has 0 heterocycles. The van der Waals surface area contributed by atoms with Crippen LogP contribution in [0.1, 0.15) is 0 Å². The molecule has 0 atom stereocenters. The molecule has 0 aliphatic heterocycles. The average Bonchev–Trinajstić information content (AvgIpc) is 0. The molecular weight excluding hydrogens is 283 g/mol. The van der Waals surface area contributed by atoms with E-state index >= 15 is 0 Å². The first-order valence-electron chi connectivity index (χ1n) is 0. The summed E-state index contributed by atoms with van der Waals surface area (Å²) in [5.74, 6) is 0. The van der Waals surface area contributed by atoms with Crippen LogP contribution in [-0.2, 0) is 26.2 Å². The van der Waals surface area contributed by atoms with Crippen molar-refractivity contribution in [2.45, 2.75) is 0 Å². The van der Waals surface area contributed by atoms with Crippen molar-refractivity contribution in [2.24, 2.45) is 0 Å². The third-order valence-corrected chi connectivity index (χ3v) is 0. The molecule has 0 rings (SSSR count). The van der Waals surface area contributed by atoms with Crippen LogP contribution in [0, 0.1) is 0 Å². The third kappa shape index (κ3) is 79.7. The fraction of sp³-hybridized carbons (Fsp3) is 0. The van der Waals surface area contributed by atoms with Crippen molar-refractivity contribution in [3.05, 3.63) is 0 Å². The van der Waals surface area contributed by atoms with Crippen LogP contribution in [0.5, 0.6) is 0 Å². The van der Waals surface area contributed by atoms with E-state index in [2.05, 4.69) is 0 Å². The molecule has 0 spiro atoms. The van der Waals surface area contributed by atoms with Gasteiger partial charge in [-0.15, -0.1) is 0 Å². The first kappa shape index (κ1) is 126. The van der Waals surface area contributed by atoms with E-state index in [1.54, 1.807) is 0 Å². The summed E-state index contributed by atoms with van der Waals surface area (Å²) >= 11 is 0. The van der Waals surface area contributed by atoms with Crippen LogP contribution in [-0.4, -0.2) is 103 Å². The number of halogens is 6. The van der Waals surface area contributed by atoms with Crippen LogP contribution in [0.2, 0.25) is 0 Å². The SMILES string of the molecule is F.F.F.F.F.F.[KH].[KH].[Zr]. The molecule has 0 fully saturated rings. The average molecular weight is 291 g/mol. The van der Waals surface area contributed by atoms with E-state index in [0.29, 0.717) is 0 Å². The second-order valence-corrected chi connectivity index (χ2v) is 0. The minimum Gasteiger partial charge on any atom is 0 e. The molecule has 0 unspecified atom stereocenters. The monoisotopic (exact) mass is 290 g/mol. The van der Waals surface area contributed by atoms with Crippen LogP contribution in [0.25, 0.3) is 0 Å². The van der Waals surface area contributed by atoms with Crippen molar-refractivity contribution in [1.29, 1.82) is 0 Å². The Kier molecular flexibility index (Phi) is 1350. The van der Waals surface area contributed by atoms with Crippen LogP contribution in [0.3, 0.4) is 0 Å². The molecule has 0 radical (unpaired) electrons. The molecule has 0 aromatic carbocycles. The molecule has 0 nitrogen and oxygen atoms in total. The van der Waals surface area contributed by atoms with Gasteiger partial charge in [0, 0.05) is 26.2 Å². The molecule has 0 aromatic rings. The van der Waals surface area contributed by atoms with Crippen LogP contribution < -0.4 is 0 Å². The summed E-state index contributed by atoms with van der Waals surface area (Å²) in [6.07, 6.45) is 0. The van der Waals surface area contributed by atoms with Crippen LogP contribution in [0.15, 0.2) is 0 Å². The predicted octanol–water partition coefficient (Wildman–Crippen LogP) is -0.385. The minimum absolute atomic E-state index is 0. The summed E-state index contributed by atoms with van der Waals surface area (Å²) in [5, 5.41) is 0. The Morgan fingerprint density at radius 3 is 0.333 bits per heavy atom. The van der Waals surface area contributed by atoms with Gasteiger partial charge in [0.05, 0.1) is 0 Å². The van der Waals surface area contributed by atoms with Gasteiger partial charge in [-0.1, -0.05) is 0 Å². The first-order valence-corrected chi connectivity index (χ1v) is 0. The summed E-state index contributed by atoms with van der Waals surface area (Å²) in [5.41, 5.74) is 0. The fourth-order valence-corrected chi connectivity index (χ4v) is 0. The van der Waals surface area contributed by atoms with E-state index in [1.165, 1.54) is 0 Å². The van der Waals surface area contributed by atoms with Crippen molar-refractivity contribution in [3.8, 4) is 0 Å². The van der Waals surface area contributed by atoms with E-state index in [4.69, 9.17) is 0 Å². The number of rotatable bonds is 0. The van der Waals surface area contributed by atoms with Crippen molar-refractivity contribution in [2.75, 3.05) is 0 Å². The minimum atomic E-state index is 0. The molecule has 0 amide bonds. The van der Waals surface area contributed by atoms with Gasteiger partial charge in [0.2, 0.25) is 0 Å². The maximum Gasteiger partial charge on any atom is 0 e. The Morgan fingerprint density at radius 2 is 0.333 bits per heavy atom. The zero-order valence-electron chi connectivity index (χ0n) is 2.95. The van der Waals surface area contributed by atoms with Gasteiger partial charge in [-0.25, -0.2) is 0 Å². The number of hydrogen-bond donors (Lipinski definition) is 0. The zero-order chi connectivity index (χ0) is 0. The molecule has 0 aliphatic rings. The maximum absolute atomic E-state index is 0. The molecule has 0 aliphatic carbocycles. The second kappa shape index (κ2) is 96.9. The third-order valence-electron chi connectivity index (χ3n) is 0. The van der Waals surface area contributed by atoms with Gasteiger partial charge >= 0.3 is 103 Å². The van der Waals surface area contributed by atoms with Crippen molar-refractivity contribution in [1.82, 2.24) is 0 Å². The quantitative estimate of drug-likeness (QED) is 0.421. The van der Waals surface area contributed by atoms with E-state index in [-0.39, 0.29) is 157 Å². The molecule has 0 N–H and O–H groups in total. The molecule has 56 valence electrons. The molecule has 0 saturated carbocycles. The van der Waals surface area contributed by atoms with Crippen molar-refractivity contribution < 1.29 is 54.4 Å². The van der Waals surface area contributed by atoms with Crippen molar-refractivity contribution >= 4 is 103 Å². The summed E-state index contributed by atoms with van der Waals surface area (Å²) < 4.78 is 0. The van der Waals surface area contributed by atoms with E-state index < -0.39 is 0 Å². The molecule has 9 heteroatoms. The Labute approximate surface area is 153 Å². The predicted molar refractivity (Wildman–Crippen MR) is 29.3 cm³/mol. The zero-order valence-corrected chi connectivity index (χ0v) is 5.41. The van der Waals surface area contributed by atoms with Crippen molar-refractivity contribution in [3.63, 3.8) is 0 Å². The van der Waals surface area contributed by atoms with Gasteiger partial charge in [0.1, 0.15) is 0 Å². The topological polar surface area (TPSA) is 0 Å². The maximum atomic E-state index is 0. The van der Waals surface area contributed by atoms with Gasteiger partial charge in [-0.3, -0.25) is 28.2 Å². The van der Waals surface area contributed by atoms with E-state index in [9.17, 15) is 0 Å². The van der Waals surface area contributed by atoms with Gasteiger partial charge in [-0.2, -0.15) is 0 Å². The molecule has 0 aromatic heterocycles. The smallest absolute Gasteiger partial charge is 0 e. The molecule has 0 bridgehead atoms.